The molecule has 0 bridgehead atoms. The summed E-state index contributed by atoms with van der Waals surface area (Å²) < 4.78 is 1.62. The van der Waals surface area contributed by atoms with Gasteiger partial charge in [-0.2, -0.15) is 0 Å². The van der Waals surface area contributed by atoms with Gasteiger partial charge in [-0.05, 0) is 0 Å². The summed E-state index contributed by atoms with van der Waals surface area (Å²) in [5.41, 5.74) is 3.51. The van der Waals surface area contributed by atoms with E-state index >= 15 is 0 Å². The second kappa shape index (κ2) is 13.6. The molecule has 0 saturated heterocycles. The van der Waals surface area contributed by atoms with Gasteiger partial charge >= 0.3 is 253 Å². The van der Waals surface area contributed by atoms with Crippen molar-refractivity contribution in [3.05, 3.63) is 108 Å². The molecular formula is C38H48Cl2SiZr. The Morgan fingerprint density at radius 1 is 0.619 bits per heavy atom. The number of hydrogen-bond donors (Lipinski definition) is 0. The fourth-order valence-corrected chi connectivity index (χ4v) is 36.8. The predicted molar refractivity (Wildman–Crippen MR) is 171 cm³/mol. The average molecular weight is 695 g/mol. The van der Waals surface area contributed by atoms with Gasteiger partial charge in [0, 0.05) is 0 Å². The standard InChI is InChI=1S/2C13H19.C12H10Si.2ClH.Zr/c2*1-10-8-11-6-4-5-7-13(2,3)12(11)9-10;1-3-7-11(8-4-1)13-12-9-5-2-6-10-12;;;/h2*4-6,8,10,12H,7,9H2,1-3H3;1-10H;2*1H;/q;;;;;+2/p-2. The molecule has 0 N–H and O–H groups in total. The van der Waals surface area contributed by atoms with E-state index in [1.807, 2.05) is 11.1 Å². The third-order valence-corrected chi connectivity index (χ3v) is 33.3. The summed E-state index contributed by atoms with van der Waals surface area (Å²) in [4.78, 5) is 0. The van der Waals surface area contributed by atoms with Crippen LogP contribution in [0.2, 0.25) is 7.25 Å². The summed E-state index contributed by atoms with van der Waals surface area (Å²) >= 11 is -2.34. The van der Waals surface area contributed by atoms with Gasteiger partial charge in [0.1, 0.15) is 0 Å². The molecule has 6 atom stereocenters. The molecule has 0 spiro atoms. The van der Waals surface area contributed by atoms with Crippen molar-refractivity contribution in [3.8, 4) is 0 Å². The number of fused-ring (bicyclic) bond motifs is 2. The quantitative estimate of drug-likeness (QED) is 0.432. The minimum Gasteiger partial charge on any atom is -1.00 e. The topological polar surface area (TPSA) is 0 Å². The van der Waals surface area contributed by atoms with Crippen molar-refractivity contribution in [1.82, 2.24) is 0 Å². The average Bonchev–Trinajstić information content (AvgIpc) is 3.35. The summed E-state index contributed by atoms with van der Waals surface area (Å²) in [7, 11) is 0. The normalized spacial score (nSPS) is 30.1. The largest absolute Gasteiger partial charge is 1.00 e. The molecule has 0 aromatic heterocycles. The summed E-state index contributed by atoms with van der Waals surface area (Å²) in [5, 5.41) is 3.35. The van der Waals surface area contributed by atoms with Crippen LogP contribution in [0.15, 0.2) is 108 Å². The van der Waals surface area contributed by atoms with Crippen LogP contribution in [-0.2, 0) is 20.4 Å². The van der Waals surface area contributed by atoms with E-state index in [4.69, 9.17) is 0 Å². The van der Waals surface area contributed by atoms with Crippen LogP contribution in [-0.4, -0.2) is 5.43 Å². The molecule has 2 aromatic rings. The fourth-order valence-electron chi connectivity index (χ4n) is 8.93. The van der Waals surface area contributed by atoms with Gasteiger partial charge in [0.15, 0.2) is 0 Å². The van der Waals surface area contributed by atoms with E-state index in [-0.39, 0.29) is 24.8 Å². The predicted octanol–water partition coefficient (Wildman–Crippen LogP) is 3.13. The molecule has 0 heterocycles. The molecule has 0 amide bonds. The fraction of sp³-hybridized carbons (Fsp3) is 0.474. The van der Waals surface area contributed by atoms with Gasteiger partial charge in [-0.15, -0.1) is 0 Å². The number of halogens is 2. The molecule has 2 fully saturated rings. The summed E-state index contributed by atoms with van der Waals surface area (Å²) in [6.07, 6.45) is 20.2. The van der Waals surface area contributed by atoms with Crippen LogP contribution in [0.3, 0.4) is 0 Å². The second-order valence-corrected chi connectivity index (χ2v) is 28.9. The Kier molecular flexibility index (Phi) is 11.0. The minimum absolute atomic E-state index is 0. The van der Waals surface area contributed by atoms with E-state index in [1.54, 1.807) is 10.4 Å². The molecule has 0 aliphatic heterocycles. The van der Waals surface area contributed by atoms with Crippen LogP contribution < -0.4 is 35.2 Å². The molecular weight excluding hydrogens is 647 g/mol. The van der Waals surface area contributed by atoms with Gasteiger partial charge in [0.2, 0.25) is 0 Å². The summed E-state index contributed by atoms with van der Waals surface area (Å²) in [6.45, 7) is 15.5. The molecule has 222 valence electrons. The minimum atomic E-state index is -2.34. The Hall–Kier alpha value is -0.920. The first-order valence-corrected chi connectivity index (χ1v) is 23.8. The molecule has 42 heavy (non-hydrogen) atoms. The van der Waals surface area contributed by atoms with Crippen LogP contribution >= 0.6 is 0 Å². The Labute approximate surface area is 276 Å². The number of benzene rings is 2. The van der Waals surface area contributed by atoms with Crippen molar-refractivity contribution in [2.75, 3.05) is 0 Å². The molecule has 6 unspecified atom stereocenters. The maximum Gasteiger partial charge on any atom is -1.00 e. The molecule has 0 nitrogen and oxygen atoms in total. The molecule has 4 aliphatic carbocycles. The third-order valence-electron chi connectivity index (χ3n) is 11.0. The maximum atomic E-state index is 2.65. The van der Waals surface area contributed by atoms with Crippen LogP contribution in [0, 0.1) is 34.5 Å². The maximum absolute atomic E-state index is 2.65. The zero-order valence-electron chi connectivity index (χ0n) is 26.3. The Balaban J connectivity index is 0.00000202. The van der Waals surface area contributed by atoms with Crippen LogP contribution in [0.25, 0.3) is 0 Å². The number of rotatable bonds is 4. The van der Waals surface area contributed by atoms with Gasteiger partial charge < -0.3 is 24.8 Å². The first-order valence-electron chi connectivity index (χ1n) is 15.8. The van der Waals surface area contributed by atoms with E-state index in [9.17, 15) is 0 Å². The Bertz CT molecular complexity index is 1290. The molecule has 4 heteroatoms. The van der Waals surface area contributed by atoms with E-state index in [0.29, 0.717) is 10.8 Å². The Morgan fingerprint density at radius 3 is 1.38 bits per heavy atom. The zero-order chi connectivity index (χ0) is 28.1. The molecule has 6 rings (SSSR count). The van der Waals surface area contributed by atoms with Crippen LogP contribution in [0.4, 0.5) is 0 Å². The van der Waals surface area contributed by atoms with Gasteiger partial charge in [-0.3, -0.25) is 0 Å². The first-order chi connectivity index (χ1) is 19.2. The summed E-state index contributed by atoms with van der Waals surface area (Å²) in [5.74, 6) is 3.01. The van der Waals surface area contributed by atoms with E-state index in [1.165, 1.54) is 25.7 Å². The van der Waals surface area contributed by atoms with Crippen molar-refractivity contribution in [2.24, 2.45) is 34.5 Å². The number of hydrogen-bond acceptors (Lipinski definition) is 0. The zero-order valence-corrected chi connectivity index (χ0v) is 31.3. The van der Waals surface area contributed by atoms with Gasteiger partial charge in [0.25, 0.3) is 0 Å². The van der Waals surface area contributed by atoms with Crippen LogP contribution in [0.1, 0.15) is 67.2 Å². The van der Waals surface area contributed by atoms with Crippen molar-refractivity contribution in [1.29, 1.82) is 0 Å². The van der Waals surface area contributed by atoms with Crippen molar-refractivity contribution in [3.63, 3.8) is 0 Å². The molecule has 0 radical (unpaired) electrons. The van der Waals surface area contributed by atoms with E-state index in [0.717, 1.165) is 30.9 Å². The summed E-state index contributed by atoms with van der Waals surface area (Å²) in [6, 6.07) is 23.7. The third kappa shape index (κ3) is 6.27. The molecule has 2 saturated carbocycles. The monoisotopic (exact) mass is 692 g/mol. The molecule has 4 aliphatic rings. The molecule has 2 aromatic carbocycles. The van der Waals surface area contributed by atoms with Crippen molar-refractivity contribution >= 4 is 15.8 Å². The van der Waals surface area contributed by atoms with Crippen molar-refractivity contribution in [2.45, 2.75) is 74.5 Å². The van der Waals surface area contributed by atoms with Crippen molar-refractivity contribution < 1.29 is 45.2 Å². The SMILES string of the molecule is CC1CC2C(=CC=CCC2(C)C)[CH]1[Zr+2]([CH]1C2=CC=CCC(C)(C)C2CC1C)=[Si](c1ccccc1)c1ccccc1.[Cl-].[Cl-]. The van der Waals surface area contributed by atoms with E-state index < -0.39 is 25.8 Å². The van der Waals surface area contributed by atoms with Gasteiger partial charge in [0.05, 0.1) is 0 Å². The van der Waals surface area contributed by atoms with E-state index in [2.05, 4.69) is 139 Å². The van der Waals surface area contributed by atoms with Gasteiger partial charge in [-0.1, -0.05) is 0 Å². The second-order valence-electron chi connectivity index (χ2n) is 14.6. The van der Waals surface area contributed by atoms with Crippen LogP contribution in [0.5, 0.6) is 0 Å². The first kappa shape index (κ1) is 34.0. The Morgan fingerprint density at radius 2 is 1.00 bits per heavy atom. The number of allylic oxidation sites excluding steroid dienone is 8. The smallest absolute Gasteiger partial charge is 1.00 e. The van der Waals surface area contributed by atoms with Gasteiger partial charge in [-0.25, -0.2) is 0 Å².